The minimum atomic E-state index is -1.20. The summed E-state index contributed by atoms with van der Waals surface area (Å²) in [5.74, 6) is 1.15. The Labute approximate surface area is 160 Å². The number of carboxylic acid groups (broad SMARTS) is 1. The predicted molar refractivity (Wildman–Crippen MR) is 103 cm³/mol. The summed E-state index contributed by atoms with van der Waals surface area (Å²) >= 11 is 0. The standard InChI is InChI=1S/C19H20N4O5/c1-2-27-10-8-21-18(24)23-9-6-13-11-14(3-4-16(13)23)28-15-5-7-20-17(12-15)22-19(25)26/h3-7,9,11-12H,2,8,10H2,1H3,(H,20,22)(H,21,24)(H,25,26). The molecule has 0 fully saturated rings. The van der Waals surface area contributed by atoms with Crippen molar-refractivity contribution in [3.8, 4) is 11.5 Å². The smallest absolute Gasteiger partial charge is 0.410 e. The lowest BCUT2D eigenvalue weighted by atomic mass is 10.2. The minimum Gasteiger partial charge on any atom is -0.465 e. The molecule has 2 heterocycles. The van der Waals surface area contributed by atoms with E-state index in [1.165, 1.54) is 16.8 Å². The maximum atomic E-state index is 12.3. The summed E-state index contributed by atoms with van der Waals surface area (Å²) < 4.78 is 12.5. The first-order chi connectivity index (χ1) is 13.6. The summed E-state index contributed by atoms with van der Waals surface area (Å²) in [6, 6.07) is 9.99. The highest BCUT2D eigenvalue weighted by atomic mass is 16.5. The van der Waals surface area contributed by atoms with Gasteiger partial charge in [-0.05, 0) is 37.3 Å². The van der Waals surface area contributed by atoms with Crippen LogP contribution in [-0.2, 0) is 4.74 Å². The Morgan fingerprint density at radius 1 is 1.18 bits per heavy atom. The van der Waals surface area contributed by atoms with Gasteiger partial charge in [-0.15, -0.1) is 0 Å². The van der Waals surface area contributed by atoms with E-state index in [0.717, 1.165) is 10.9 Å². The number of hydrogen-bond acceptors (Lipinski definition) is 5. The molecule has 0 aliphatic carbocycles. The molecule has 3 aromatic rings. The lowest BCUT2D eigenvalue weighted by Gasteiger charge is -2.09. The number of carbonyl (C=O) groups excluding carboxylic acids is 1. The van der Waals surface area contributed by atoms with E-state index in [4.69, 9.17) is 14.6 Å². The number of pyridine rings is 1. The Morgan fingerprint density at radius 3 is 2.79 bits per heavy atom. The topological polar surface area (TPSA) is 115 Å². The van der Waals surface area contributed by atoms with Crippen molar-refractivity contribution in [2.45, 2.75) is 6.92 Å². The Hall–Kier alpha value is -3.59. The monoisotopic (exact) mass is 384 g/mol. The number of rotatable bonds is 7. The molecule has 3 rings (SSSR count). The first kappa shape index (κ1) is 19.2. The van der Waals surface area contributed by atoms with Crippen molar-refractivity contribution in [3.63, 3.8) is 0 Å². The largest absolute Gasteiger partial charge is 0.465 e. The molecule has 0 unspecified atom stereocenters. The number of nitrogens with one attached hydrogen (secondary N) is 2. The van der Waals surface area contributed by atoms with E-state index in [0.29, 0.717) is 31.3 Å². The molecule has 9 heteroatoms. The van der Waals surface area contributed by atoms with Gasteiger partial charge < -0.3 is 19.9 Å². The molecule has 146 valence electrons. The van der Waals surface area contributed by atoms with Crippen LogP contribution in [0.1, 0.15) is 6.92 Å². The third kappa shape index (κ3) is 4.77. The predicted octanol–water partition coefficient (Wildman–Crippen LogP) is 3.51. The van der Waals surface area contributed by atoms with Crippen LogP contribution in [-0.4, -0.2) is 46.5 Å². The minimum absolute atomic E-state index is 0.168. The molecule has 0 radical (unpaired) electrons. The third-order valence-corrected chi connectivity index (χ3v) is 3.81. The number of nitrogens with zero attached hydrogens (tertiary/aromatic N) is 2. The van der Waals surface area contributed by atoms with Crippen LogP contribution in [0.5, 0.6) is 11.5 Å². The highest BCUT2D eigenvalue weighted by molar-refractivity contribution is 5.92. The molecule has 9 nitrogen and oxygen atoms in total. The fourth-order valence-electron chi connectivity index (χ4n) is 2.61. The van der Waals surface area contributed by atoms with Gasteiger partial charge in [-0.2, -0.15) is 0 Å². The Kier molecular flexibility index (Phi) is 6.07. The molecule has 2 amide bonds. The van der Waals surface area contributed by atoms with Crippen LogP contribution in [0.3, 0.4) is 0 Å². The molecule has 1 aromatic carbocycles. The van der Waals surface area contributed by atoms with E-state index >= 15 is 0 Å². The van der Waals surface area contributed by atoms with Gasteiger partial charge in [0.1, 0.15) is 17.3 Å². The van der Waals surface area contributed by atoms with Crippen molar-refractivity contribution in [2.24, 2.45) is 0 Å². The summed E-state index contributed by atoms with van der Waals surface area (Å²) in [6.07, 6.45) is 1.93. The number of ether oxygens (including phenoxy) is 2. The first-order valence-corrected chi connectivity index (χ1v) is 8.67. The SMILES string of the molecule is CCOCCNC(=O)n1ccc2cc(Oc3ccnc(NC(=O)O)c3)ccc21. The molecule has 0 spiro atoms. The van der Waals surface area contributed by atoms with Gasteiger partial charge in [0.2, 0.25) is 0 Å². The van der Waals surface area contributed by atoms with Gasteiger partial charge in [0, 0.05) is 37.0 Å². The first-order valence-electron chi connectivity index (χ1n) is 8.67. The second-order valence-electron chi connectivity index (χ2n) is 5.74. The summed E-state index contributed by atoms with van der Waals surface area (Å²) in [5, 5.41) is 14.6. The van der Waals surface area contributed by atoms with Crippen molar-refractivity contribution >= 4 is 28.8 Å². The summed E-state index contributed by atoms with van der Waals surface area (Å²) in [7, 11) is 0. The molecule has 2 aromatic heterocycles. The Balaban J connectivity index is 1.71. The highest BCUT2D eigenvalue weighted by Gasteiger charge is 2.10. The van der Waals surface area contributed by atoms with E-state index < -0.39 is 6.09 Å². The molecular formula is C19H20N4O5. The lowest BCUT2D eigenvalue weighted by Crippen LogP contribution is -2.30. The van der Waals surface area contributed by atoms with E-state index in [2.05, 4.69) is 15.6 Å². The Bertz CT molecular complexity index is 985. The van der Waals surface area contributed by atoms with Gasteiger partial charge in [0.05, 0.1) is 12.1 Å². The molecule has 3 N–H and O–H groups in total. The van der Waals surface area contributed by atoms with E-state index in [1.54, 1.807) is 30.5 Å². The quantitative estimate of drug-likeness (QED) is 0.537. The number of anilines is 1. The van der Waals surface area contributed by atoms with Crippen LogP contribution in [0.4, 0.5) is 15.4 Å². The van der Waals surface area contributed by atoms with Crippen molar-refractivity contribution in [3.05, 3.63) is 48.8 Å². The van der Waals surface area contributed by atoms with E-state index in [-0.39, 0.29) is 11.8 Å². The summed E-state index contributed by atoms with van der Waals surface area (Å²) in [5.41, 5.74) is 0.740. The second kappa shape index (κ2) is 8.87. The number of carbonyl (C=O) groups is 2. The van der Waals surface area contributed by atoms with Crippen molar-refractivity contribution in [1.29, 1.82) is 0 Å². The van der Waals surface area contributed by atoms with E-state index in [9.17, 15) is 9.59 Å². The van der Waals surface area contributed by atoms with Crippen LogP contribution in [0.2, 0.25) is 0 Å². The fourth-order valence-corrected chi connectivity index (χ4v) is 2.61. The average molecular weight is 384 g/mol. The zero-order chi connectivity index (χ0) is 19.9. The number of amides is 2. The van der Waals surface area contributed by atoms with Crippen LogP contribution >= 0.6 is 0 Å². The maximum absolute atomic E-state index is 12.3. The van der Waals surface area contributed by atoms with Crippen LogP contribution in [0.25, 0.3) is 10.9 Å². The van der Waals surface area contributed by atoms with Gasteiger partial charge in [-0.3, -0.25) is 9.88 Å². The molecular weight excluding hydrogens is 364 g/mol. The Morgan fingerprint density at radius 2 is 2.00 bits per heavy atom. The zero-order valence-corrected chi connectivity index (χ0v) is 15.2. The molecule has 0 atom stereocenters. The molecule has 28 heavy (non-hydrogen) atoms. The normalized spacial score (nSPS) is 10.6. The maximum Gasteiger partial charge on any atom is 0.410 e. The van der Waals surface area contributed by atoms with Crippen molar-refractivity contribution < 1.29 is 24.2 Å². The summed E-state index contributed by atoms with van der Waals surface area (Å²) in [4.78, 5) is 26.9. The second-order valence-corrected chi connectivity index (χ2v) is 5.74. The van der Waals surface area contributed by atoms with Crippen molar-refractivity contribution in [1.82, 2.24) is 14.9 Å². The summed E-state index contributed by atoms with van der Waals surface area (Å²) in [6.45, 7) is 3.40. The van der Waals surface area contributed by atoms with Gasteiger partial charge in [0.25, 0.3) is 0 Å². The van der Waals surface area contributed by atoms with Crippen LogP contribution in [0, 0.1) is 0 Å². The van der Waals surface area contributed by atoms with Crippen LogP contribution in [0.15, 0.2) is 48.8 Å². The molecule has 0 saturated heterocycles. The third-order valence-electron chi connectivity index (χ3n) is 3.81. The number of benzene rings is 1. The molecule has 0 saturated carbocycles. The molecule has 0 aliphatic rings. The lowest BCUT2D eigenvalue weighted by molar-refractivity contribution is 0.149. The number of hydrogen-bond donors (Lipinski definition) is 3. The number of fused-ring (bicyclic) bond motifs is 1. The van der Waals surface area contributed by atoms with Crippen LogP contribution < -0.4 is 15.4 Å². The highest BCUT2D eigenvalue weighted by Crippen LogP contribution is 2.27. The van der Waals surface area contributed by atoms with E-state index in [1.807, 2.05) is 13.0 Å². The average Bonchev–Trinajstić information content (AvgIpc) is 3.08. The molecule has 0 aliphatic heterocycles. The van der Waals surface area contributed by atoms with Gasteiger partial charge in [0.15, 0.2) is 0 Å². The van der Waals surface area contributed by atoms with Gasteiger partial charge in [-0.25, -0.2) is 14.6 Å². The zero-order valence-electron chi connectivity index (χ0n) is 15.2. The fraction of sp³-hybridized carbons (Fsp3) is 0.211. The number of aromatic nitrogens is 2. The van der Waals surface area contributed by atoms with Crippen molar-refractivity contribution in [2.75, 3.05) is 25.1 Å². The van der Waals surface area contributed by atoms with Gasteiger partial charge in [-0.1, -0.05) is 0 Å². The van der Waals surface area contributed by atoms with Gasteiger partial charge >= 0.3 is 12.1 Å². The molecule has 0 bridgehead atoms.